The Kier molecular flexibility index (Phi) is 9.36. The molecular weight excluding hydrogens is 239 g/mol. The van der Waals surface area contributed by atoms with Gasteiger partial charge < -0.3 is 10.5 Å². The first-order valence-corrected chi connectivity index (χ1v) is 3.97. The first kappa shape index (κ1) is 16.6. The molecule has 0 aromatic carbocycles. The zero-order chi connectivity index (χ0) is 9.68. The second kappa shape index (κ2) is 8.47. The minimum atomic E-state index is -0.625. The van der Waals surface area contributed by atoms with E-state index in [1.165, 1.54) is 7.11 Å². The van der Waals surface area contributed by atoms with E-state index in [0.29, 0.717) is 6.42 Å². The van der Waals surface area contributed by atoms with Crippen molar-refractivity contribution in [1.82, 2.24) is 4.98 Å². The zero-order valence-corrected chi connectivity index (χ0v) is 9.88. The molecule has 0 saturated heterocycles. The summed E-state index contributed by atoms with van der Waals surface area (Å²) in [5, 5.41) is 0. The fourth-order valence-electron chi connectivity index (χ4n) is 0.979. The average molecular weight is 253 g/mol. The normalized spacial score (nSPS) is 10.5. The number of hydrogen-bond donors (Lipinski definition) is 1. The number of hydrogen-bond acceptors (Lipinski definition) is 4. The fourth-order valence-corrected chi connectivity index (χ4v) is 0.979. The highest BCUT2D eigenvalue weighted by Crippen LogP contribution is 1.98. The molecule has 1 rings (SSSR count). The topological polar surface area (TPSA) is 65.2 Å². The maximum absolute atomic E-state index is 10.9. The molecule has 0 aliphatic carbocycles. The molecule has 1 aromatic heterocycles. The van der Waals surface area contributed by atoms with Gasteiger partial charge in [0.05, 0.1) is 7.11 Å². The highest BCUT2D eigenvalue weighted by Gasteiger charge is 2.14. The van der Waals surface area contributed by atoms with Gasteiger partial charge in [-0.05, 0) is 12.1 Å². The van der Waals surface area contributed by atoms with Crippen LogP contribution in [0.5, 0.6) is 0 Å². The fraction of sp³-hybridized carbons (Fsp3) is 0.333. The molecule has 0 saturated carbocycles. The number of ether oxygens (including phenoxy) is 1. The van der Waals surface area contributed by atoms with Crippen molar-refractivity contribution in [1.29, 1.82) is 0 Å². The van der Waals surface area contributed by atoms with Crippen LogP contribution in [-0.4, -0.2) is 24.1 Å². The van der Waals surface area contributed by atoms with E-state index in [2.05, 4.69) is 9.72 Å². The number of nitrogens with zero attached hydrogens (tertiary/aromatic N) is 1. The monoisotopic (exact) mass is 252 g/mol. The van der Waals surface area contributed by atoms with Gasteiger partial charge in [0.1, 0.15) is 6.04 Å². The Bertz CT molecular complexity index is 283. The van der Waals surface area contributed by atoms with Gasteiger partial charge in [0.2, 0.25) is 0 Å². The summed E-state index contributed by atoms with van der Waals surface area (Å²) in [5.41, 5.74) is 6.34. The van der Waals surface area contributed by atoms with Crippen molar-refractivity contribution in [3.63, 3.8) is 0 Å². The lowest BCUT2D eigenvalue weighted by molar-refractivity contribution is -0.142. The minimum absolute atomic E-state index is 0. The summed E-state index contributed by atoms with van der Waals surface area (Å²) >= 11 is 0. The quantitative estimate of drug-likeness (QED) is 0.815. The molecule has 86 valence electrons. The number of aromatic nitrogens is 1. The molecule has 0 bridgehead atoms. The number of pyridine rings is 1. The molecule has 4 nitrogen and oxygen atoms in total. The molecule has 15 heavy (non-hydrogen) atoms. The number of esters is 1. The van der Waals surface area contributed by atoms with Gasteiger partial charge in [0, 0.05) is 18.3 Å². The molecule has 0 amide bonds. The van der Waals surface area contributed by atoms with E-state index >= 15 is 0 Å². The second-order valence-corrected chi connectivity index (χ2v) is 2.65. The van der Waals surface area contributed by atoms with E-state index in [4.69, 9.17) is 5.73 Å². The Morgan fingerprint density at radius 2 is 2.20 bits per heavy atom. The van der Waals surface area contributed by atoms with E-state index in [0.717, 1.165) is 5.69 Å². The van der Waals surface area contributed by atoms with Crippen LogP contribution in [0.2, 0.25) is 0 Å². The summed E-state index contributed by atoms with van der Waals surface area (Å²) < 4.78 is 4.49. The van der Waals surface area contributed by atoms with E-state index in [9.17, 15) is 4.79 Å². The third-order valence-electron chi connectivity index (χ3n) is 1.66. The predicted octanol–water partition coefficient (Wildman–Crippen LogP) is 0.968. The van der Waals surface area contributed by atoms with E-state index in [1.54, 1.807) is 6.20 Å². The molecule has 1 aromatic rings. The number of rotatable bonds is 3. The maximum Gasteiger partial charge on any atom is 0.323 e. The lowest BCUT2D eigenvalue weighted by Gasteiger charge is -2.07. The summed E-state index contributed by atoms with van der Waals surface area (Å²) in [6.45, 7) is 0. The smallest absolute Gasteiger partial charge is 0.323 e. The molecule has 0 aliphatic heterocycles. The van der Waals surface area contributed by atoms with Crippen molar-refractivity contribution in [2.45, 2.75) is 12.5 Å². The van der Waals surface area contributed by atoms with Gasteiger partial charge in [-0.3, -0.25) is 9.78 Å². The van der Waals surface area contributed by atoms with E-state index in [-0.39, 0.29) is 24.8 Å². The summed E-state index contributed by atoms with van der Waals surface area (Å²) in [7, 11) is 1.32. The van der Waals surface area contributed by atoms with Crippen LogP contribution in [0.1, 0.15) is 5.69 Å². The van der Waals surface area contributed by atoms with Crippen LogP contribution in [0.4, 0.5) is 0 Å². The predicted molar refractivity (Wildman–Crippen MR) is 62.4 cm³/mol. The second-order valence-electron chi connectivity index (χ2n) is 2.65. The number of carbonyl (C=O) groups is 1. The summed E-state index contributed by atoms with van der Waals surface area (Å²) in [6.07, 6.45) is 2.08. The molecule has 0 aliphatic rings. The maximum atomic E-state index is 10.9. The third-order valence-corrected chi connectivity index (χ3v) is 1.66. The molecule has 1 heterocycles. The first-order valence-electron chi connectivity index (χ1n) is 3.97. The Morgan fingerprint density at radius 1 is 1.53 bits per heavy atom. The van der Waals surface area contributed by atoms with Crippen molar-refractivity contribution >= 4 is 30.8 Å². The Balaban J connectivity index is 0. The Morgan fingerprint density at radius 3 is 2.67 bits per heavy atom. The van der Waals surface area contributed by atoms with Crippen LogP contribution < -0.4 is 5.73 Å². The molecule has 2 N–H and O–H groups in total. The number of halogens is 2. The van der Waals surface area contributed by atoms with Crippen LogP contribution in [0.15, 0.2) is 24.4 Å². The van der Waals surface area contributed by atoms with Gasteiger partial charge in [-0.15, -0.1) is 24.8 Å². The van der Waals surface area contributed by atoms with Crippen molar-refractivity contribution in [2.75, 3.05) is 7.11 Å². The van der Waals surface area contributed by atoms with Crippen molar-refractivity contribution in [3.8, 4) is 0 Å². The summed E-state index contributed by atoms with van der Waals surface area (Å²) in [6, 6.07) is 4.86. The van der Waals surface area contributed by atoms with Gasteiger partial charge in [-0.25, -0.2) is 0 Å². The van der Waals surface area contributed by atoms with Crippen LogP contribution in [0.25, 0.3) is 0 Å². The highest BCUT2D eigenvalue weighted by atomic mass is 35.5. The highest BCUT2D eigenvalue weighted by molar-refractivity contribution is 5.85. The SMILES string of the molecule is COC(=O)[C@@H](N)Cc1ccccn1.Cl.Cl. The third kappa shape index (κ3) is 5.57. The van der Waals surface area contributed by atoms with E-state index < -0.39 is 12.0 Å². The molecule has 0 unspecified atom stereocenters. The molecule has 0 fully saturated rings. The van der Waals surface area contributed by atoms with Crippen molar-refractivity contribution in [2.24, 2.45) is 5.73 Å². The van der Waals surface area contributed by atoms with E-state index in [1.807, 2.05) is 18.2 Å². The number of methoxy groups -OCH3 is 1. The summed E-state index contributed by atoms with van der Waals surface area (Å²) in [5.74, 6) is -0.411. The lowest BCUT2D eigenvalue weighted by atomic mass is 10.1. The van der Waals surface area contributed by atoms with Crippen molar-refractivity contribution in [3.05, 3.63) is 30.1 Å². The van der Waals surface area contributed by atoms with Crippen LogP contribution in [0, 0.1) is 0 Å². The van der Waals surface area contributed by atoms with Gasteiger partial charge in [0.25, 0.3) is 0 Å². The summed E-state index contributed by atoms with van der Waals surface area (Å²) in [4.78, 5) is 15.0. The Labute approximate surface area is 101 Å². The van der Waals surface area contributed by atoms with Crippen LogP contribution >= 0.6 is 24.8 Å². The molecule has 1 atom stereocenters. The van der Waals surface area contributed by atoms with Gasteiger partial charge in [-0.2, -0.15) is 0 Å². The van der Waals surface area contributed by atoms with Crippen LogP contribution in [0.3, 0.4) is 0 Å². The van der Waals surface area contributed by atoms with Gasteiger partial charge >= 0.3 is 5.97 Å². The van der Waals surface area contributed by atoms with Crippen LogP contribution in [-0.2, 0) is 16.0 Å². The average Bonchev–Trinajstić information content (AvgIpc) is 2.18. The zero-order valence-electron chi connectivity index (χ0n) is 8.25. The first-order chi connectivity index (χ1) is 6.24. The standard InChI is InChI=1S/C9H12N2O2.2ClH/c1-13-9(12)8(10)6-7-4-2-3-5-11-7;;/h2-5,8H,6,10H2,1H3;2*1H/t8-;;/m0../s1. The number of nitrogens with two attached hydrogens (primary N) is 1. The van der Waals surface area contributed by atoms with Crippen molar-refractivity contribution < 1.29 is 9.53 Å². The molecule has 0 radical (unpaired) electrons. The molecule has 0 spiro atoms. The molecular formula is C9H14Cl2N2O2. The number of carbonyl (C=O) groups excluding carboxylic acids is 1. The minimum Gasteiger partial charge on any atom is -0.468 e. The van der Waals surface area contributed by atoms with Gasteiger partial charge in [-0.1, -0.05) is 6.07 Å². The Hall–Kier alpha value is -0.840. The largest absolute Gasteiger partial charge is 0.468 e. The molecule has 6 heteroatoms. The van der Waals surface area contributed by atoms with Gasteiger partial charge in [0.15, 0.2) is 0 Å². The lowest BCUT2D eigenvalue weighted by Crippen LogP contribution is -2.33.